The second kappa shape index (κ2) is 10.7. The van der Waals surface area contributed by atoms with Gasteiger partial charge in [0, 0.05) is 11.9 Å². The normalized spacial score (nSPS) is 15.6. The molecule has 1 aliphatic rings. The number of benzene rings is 2. The maximum absolute atomic E-state index is 13.6. The number of thiazole rings is 1. The van der Waals surface area contributed by atoms with Gasteiger partial charge in [-0.1, -0.05) is 23.5 Å². The minimum Gasteiger partial charge on any atom is -0.493 e. The van der Waals surface area contributed by atoms with E-state index in [1.54, 1.807) is 32.0 Å². The van der Waals surface area contributed by atoms with Crippen LogP contribution >= 0.6 is 11.3 Å². The molecule has 0 fully saturated rings. The molecule has 1 aliphatic heterocycles. The number of nitrogens with one attached hydrogen (secondary N) is 1. The topological polar surface area (TPSA) is 91.2 Å². The Morgan fingerprint density at radius 3 is 2.55 bits per heavy atom. The third-order valence-electron chi connectivity index (χ3n) is 5.80. The predicted molar refractivity (Wildman–Crippen MR) is 136 cm³/mol. The highest BCUT2D eigenvalue weighted by atomic mass is 32.1. The van der Waals surface area contributed by atoms with Crippen LogP contribution in [0, 0.1) is 0 Å². The molecule has 8 nitrogen and oxygen atoms in total. The van der Waals surface area contributed by atoms with E-state index in [2.05, 4.69) is 10.3 Å². The number of anilines is 1. The van der Waals surface area contributed by atoms with Crippen LogP contribution in [-0.4, -0.2) is 31.4 Å². The van der Waals surface area contributed by atoms with Gasteiger partial charge in [-0.25, -0.2) is 9.79 Å². The Morgan fingerprint density at radius 2 is 1.89 bits per heavy atom. The number of carbonyl (C=O) groups is 1. The molecule has 3 aromatic rings. The largest absolute Gasteiger partial charge is 0.493 e. The van der Waals surface area contributed by atoms with Gasteiger partial charge in [-0.3, -0.25) is 9.36 Å². The minimum atomic E-state index is -4.50. The van der Waals surface area contributed by atoms with Gasteiger partial charge in [0.2, 0.25) is 0 Å². The molecule has 38 heavy (non-hydrogen) atoms. The lowest BCUT2D eigenvalue weighted by Crippen LogP contribution is -2.40. The Labute approximate surface area is 219 Å². The molecule has 0 spiro atoms. The van der Waals surface area contributed by atoms with Crippen LogP contribution in [-0.2, 0) is 15.7 Å². The van der Waals surface area contributed by atoms with Crippen LogP contribution in [0.1, 0.15) is 31.0 Å². The fraction of sp³-hybridized carbons (Fsp3) is 0.269. The summed E-state index contributed by atoms with van der Waals surface area (Å²) >= 11 is 1.04. The number of fused-ring (bicyclic) bond motifs is 1. The van der Waals surface area contributed by atoms with Crippen molar-refractivity contribution in [3.8, 4) is 11.5 Å². The van der Waals surface area contributed by atoms with Crippen LogP contribution in [0.5, 0.6) is 11.5 Å². The monoisotopic (exact) mass is 547 g/mol. The number of nitrogens with zero attached hydrogens (tertiary/aromatic N) is 2. The number of rotatable bonds is 7. The van der Waals surface area contributed by atoms with E-state index in [4.69, 9.17) is 14.2 Å². The molecule has 0 bridgehead atoms. The first-order valence-corrected chi connectivity index (χ1v) is 12.2. The molecule has 0 saturated carbocycles. The number of methoxy groups -OCH3 is 2. The van der Waals surface area contributed by atoms with Crippen molar-refractivity contribution in [1.82, 2.24) is 4.57 Å². The highest BCUT2D eigenvalue weighted by Crippen LogP contribution is 2.36. The Balaban J connectivity index is 1.86. The quantitative estimate of drug-likeness (QED) is 0.452. The van der Waals surface area contributed by atoms with Crippen LogP contribution in [0.25, 0.3) is 6.20 Å². The van der Waals surface area contributed by atoms with E-state index in [0.29, 0.717) is 27.6 Å². The number of ether oxygens (including phenoxy) is 3. The van der Waals surface area contributed by atoms with Gasteiger partial charge in [-0.2, -0.15) is 13.2 Å². The Hall–Kier alpha value is -4.06. The second-order valence-corrected chi connectivity index (χ2v) is 9.15. The van der Waals surface area contributed by atoms with E-state index in [1.165, 1.54) is 37.1 Å². The Morgan fingerprint density at radius 1 is 1.16 bits per heavy atom. The van der Waals surface area contributed by atoms with Gasteiger partial charge in [-0.05, 0) is 49.7 Å². The molecule has 1 atom stereocenters. The van der Waals surface area contributed by atoms with E-state index >= 15 is 0 Å². The van der Waals surface area contributed by atoms with Gasteiger partial charge in [0.05, 0.1) is 43.7 Å². The molecule has 0 aliphatic carbocycles. The van der Waals surface area contributed by atoms with Gasteiger partial charge in [-0.15, -0.1) is 0 Å². The van der Waals surface area contributed by atoms with Gasteiger partial charge >= 0.3 is 12.1 Å². The van der Waals surface area contributed by atoms with Crippen molar-refractivity contribution in [1.29, 1.82) is 0 Å². The summed E-state index contributed by atoms with van der Waals surface area (Å²) in [5.41, 5.74) is -0.0301. The summed E-state index contributed by atoms with van der Waals surface area (Å²) in [4.78, 5) is 31.4. The number of esters is 1. The molecule has 0 amide bonds. The lowest BCUT2D eigenvalue weighted by atomic mass is 9.95. The molecular formula is C26H24F3N3O5S. The highest BCUT2D eigenvalue weighted by Gasteiger charge is 2.34. The number of carbonyl (C=O) groups excluding carboxylic acids is 1. The van der Waals surface area contributed by atoms with Crippen molar-refractivity contribution in [3.05, 3.63) is 84.5 Å². The molecule has 2 heterocycles. The first-order valence-electron chi connectivity index (χ1n) is 11.4. The van der Waals surface area contributed by atoms with Gasteiger partial charge in [0.15, 0.2) is 16.3 Å². The maximum atomic E-state index is 13.6. The zero-order chi connectivity index (χ0) is 27.6. The summed E-state index contributed by atoms with van der Waals surface area (Å²) in [5, 5.41) is 2.77. The van der Waals surface area contributed by atoms with Gasteiger partial charge < -0.3 is 19.5 Å². The van der Waals surface area contributed by atoms with Gasteiger partial charge in [0.1, 0.15) is 4.53 Å². The number of aromatic nitrogens is 1. The molecule has 1 aromatic heterocycles. The molecule has 4 rings (SSSR count). The summed E-state index contributed by atoms with van der Waals surface area (Å²) < 4.78 is 56.8. The maximum Gasteiger partial charge on any atom is 0.416 e. The van der Waals surface area contributed by atoms with E-state index in [1.807, 2.05) is 0 Å². The first-order chi connectivity index (χ1) is 18.1. The van der Waals surface area contributed by atoms with Crippen molar-refractivity contribution >= 4 is 29.2 Å². The zero-order valence-electron chi connectivity index (χ0n) is 20.9. The molecule has 200 valence electrons. The van der Waals surface area contributed by atoms with Crippen molar-refractivity contribution in [3.63, 3.8) is 0 Å². The van der Waals surface area contributed by atoms with Crippen molar-refractivity contribution < 1.29 is 32.2 Å². The zero-order valence-corrected chi connectivity index (χ0v) is 21.7. The van der Waals surface area contributed by atoms with E-state index in [0.717, 1.165) is 23.5 Å². The molecule has 0 saturated heterocycles. The summed E-state index contributed by atoms with van der Waals surface area (Å²) in [6.07, 6.45) is -3.17. The van der Waals surface area contributed by atoms with Crippen molar-refractivity contribution in [2.45, 2.75) is 26.1 Å². The lowest BCUT2D eigenvalue weighted by molar-refractivity contribution is -0.139. The summed E-state index contributed by atoms with van der Waals surface area (Å²) in [6, 6.07) is 8.79. The standard InChI is InChI=1S/C26H24F3N3O5S/c1-5-37-24(34)21-14(2)31-25-32(22(21)15-9-10-18(35-3)19(11-15)36-4)23(33)20(38-25)13-30-17-8-6-7-16(12-17)26(27,28)29/h6-13,22,30H,5H2,1-4H3/b20-13-/t22-/m0/s1. The number of halogens is 3. The molecule has 0 radical (unpaired) electrons. The molecular weight excluding hydrogens is 523 g/mol. The third-order valence-corrected chi connectivity index (χ3v) is 6.78. The fourth-order valence-corrected chi connectivity index (χ4v) is 5.03. The highest BCUT2D eigenvalue weighted by molar-refractivity contribution is 7.07. The lowest BCUT2D eigenvalue weighted by Gasteiger charge is -2.25. The SMILES string of the molecule is CCOC(=O)C1=C(C)N=c2s/c(=C\Nc3cccc(C(F)(F)F)c3)c(=O)n2[C@H]1c1ccc(OC)c(OC)c1. The predicted octanol–water partition coefficient (Wildman–Crippen LogP) is 3.86. The summed E-state index contributed by atoms with van der Waals surface area (Å²) in [6.45, 7) is 3.45. The van der Waals surface area contributed by atoms with E-state index < -0.39 is 29.3 Å². The minimum absolute atomic E-state index is 0.125. The smallest absolute Gasteiger partial charge is 0.416 e. The molecule has 1 N–H and O–H groups in total. The van der Waals surface area contributed by atoms with Crippen LogP contribution < -0.4 is 29.7 Å². The van der Waals surface area contributed by atoms with Crippen LogP contribution in [0.4, 0.5) is 18.9 Å². The number of hydrogen-bond acceptors (Lipinski definition) is 8. The number of allylic oxidation sites excluding steroid dienone is 1. The number of hydrogen-bond donors (Lipinski definition) is 1. The molecule has 0 unspecified atom stereocenters. The molecule has 12 heteroatoms. The fourth-order valence-electron chi connectivity index (χ4n) is 4.06. The molecule has 2 aromatic carbocycles. The van der Waals surface area contributed by atoms with Gasteiger partial charge in [0.25, 0.3) is 5.56 Å². The van der Waals surface area contributed by atoms with E-state index in [9.17, 15) is 22.8 Å². The number of alkyl halides is 3. The average molecular weight is 548 g/mol. The third kappa shape index (κ3) is 5.17. The Bertz CT molecular complexity index is 1590. The van der Waals surface area contributed by atoms with Crippen LogP contribution in [0.15, 0.2) is 63.5 Å². The first kappa shape index (κ1) is 27.0. The summed E-state index contributed by atoms with van der Waals surface area (Å²) in [5.74, 6) is 0.244. The summed E-state index contributed by atoms with van der Waals surface area (Å²) in [7, 11) is 2.96. The average Bonchev–Trinajstić information content (AvgIpc) is 3.20. The van der Waals surface area contributed by atoms with E-state index in [-0.39, 0.29) is 22.4 Å². The van der Waals surface area contributed by atoms with Crippen LogP contribution in [0.2, 0.25) is 0 Å². The van der Waals surface area contributed by atoms with Crippen LogP contribution in [0.3, 0.4) is 0 Å². The Kier molecular flexibility index (Phi) is 7.63. The van der Waals surface area contributed by atoms with Crippen molar-refractivity contribution in [2.75, 3.05) is 26.1 Å². The van der Waals surface area contributed by atoms with Crippen molar-refractivity contribution in [2.24, 2.45) is 4.99 Å². The second-order valence-electron chi connectivity index (χ2n) is 8.14.